The first kappa shape index (κ1) is 8.92. The third-order valence-electron chi connectivity index (χ3n) is 1.99. The second-order valence-corrected chi connectivity index (χ2v) is 3.89. The van der Waals surface area contributed by atoms with Crippen LogP contribution in [0.15, 0.2) is 29.8 Å². The van der Waals surface area contributed by atoms with Crippen molar-refractivity contribution in [2.45, 2.75) is 6.92 Å². The number of nitrogens with zero attached hydrogens (tertiary/aromatic N) is 2. The van der Waals surface area contributed by atoms with E-state index in [2.05, 4.69) is 11.1 Å². The quantitative estimate of drug-likeness (QED) is 0.709. The van der Waals surface area contributed by atoms with Crippen LogP contribution in [0.3, 0.4) is 0 Å². The lowest BCUT2D eigenvalue weighted by Crippen LogP contribution is -1.84. The first-order valence-corrected chi connectivity index (χ1v) is 5.10. The van der Waals surface area contributed by atoms with Crippen LogP contribution in [0.25, 0.3) is 11.3 Å². The second kappa shape index (κ2) is 3.60. The van der Waals surface area contributed by atoms with E-state index in [1.165, 1.54) is 11.3 Å². The molecule has 0 saturated heterocycles. The summed E-state index contributed by atoms with van der Waals surface area (Å²) in [6.45, 7) is 2.02. The van der Waals surface area contributed by atoms with Crippen molar-refractivity contribution < 1.29 is 0 Å². The van der Waals surface area contributed by atoms with Crippen LogP contribution in [0.2, 0.25) is 0 Å². The first-order valence-electron chi connectivity index (χ1n) is 4.22. The molecule has 0 fully saturated rings. The monoisotopic (exact) mass is 200 g/mol. The van der Waals surface area contributed by atoms with Gasteiger partial charge in [0.1, 0.15) is 10.9 Å². The molecule has 68 valence electrons. The highest BCUT2D eigenvalue weighted by molar-refractivity contribution is 7.10. The van der Waals surface area contributed by atoms with E-state index >= 15 is 0 Å². The Kier molecular flexibility index (Phi) is 2.30. The fraction of sp³-hybridized carbons (Fsp3) is 0.0909. The van der Waals surface area contributed by atoms with Crippen LogP contribution in [0.1, 0.15) is 10.4 Å². The van der Waals surface area contributed by atoms with Gasteiger partial charge in [0.05, 0.1) is 5.69 Å². The van der Waals surface area contributed by atoms with Gasteiger partial charge in [-0.15, -0.1) is 11.3 Å². The highest BCUT2D eigenvalue weighted by Gasteiger charge is 2.05. The van der Waals surface area contributed by atoms with Crippen molar-refractivity contribution in [3.8, 4) is 17.3 Å². The zero-order valence-electron chi connectivity index (χ0n) is 7.69. The largest absolute Gasteiger partial charge is 0.256 e. The molecule has 3 heteroatoms. The molecule has 2 heterocycles. The fourth-order valence-electron chi connectivity index (χ4n) is 1.31. The molecule has 0 amide bonds. The molecule has 2 nitrogen and oxygen atoms in total. The Bertz CT molecular complexity index is 494. The minimum absolute atomic E-state index is 0.727. The predicted octanol–water partition coefficient (Wildman–Crippen LogP) is 2.99. The van der Waals surface area contributed by atoms with Crippen molar-refractivity contribution >= 4 is 11.3 Å². The van der Waals surface area contributed by atoms with Crippen LogP contribution < -0.4 is 0 Å². The van der Waals surface area contributed by atoms with E-state index in [0.29, 0.717) is 0 Å². The Morgan fingerprint density at radius 3 is 3.00 bits per heavy atom. The number of nitriles is 1. The molecule has 0 N–H and O–H groups in total. The van der Waals surface area contributed by atoms with E-state index in [0.717, 1.165) is 21.7 Å². The van der Waals surface area contributed by atoms with Gasteiger partial charge in [0, 0.05) is 17.1 Å². The molecule has 0 aliphatic heterocycles. The van der Waals surface area contributed by atoms with Crippen molar-refractivity contribution in [1.82, 2.24) is 4.98 Å². The summed E-state index contributed by atoms with van der Waals surface area (Å²) in [6, 6.07) is 7.94. The molecular weight excluding hydrogens is 192 g/mol. The van der Waals surface area contributed by atoms with Crippen molar-refractivity contribution in [1.29, 1.82) is 5.26 Å². The SMILES string of the molecule is Cc1cccnc1-c1csc(C#N)c1. The average Bonchev–Trinajstić information content (AvgIpc) is 2.67. The standard InChI is InChI=1S/C11H8N2S/c1-8-3-2-4-13-11(8)9-5-10(6-12)14-7-9/h2-5,7H,1H3. The summed E-state index contributed by atoms with van der Waals surface area (Å²) in [5.74, 6) is 0. The Morgan fingerprint density at radius 2 is 2.36 bits per heavy atom. The number of rotatable bonds is 1. The summed E-state index contributed by atoms with van der Waals surface area (Å²) in [4.78, 5) is 5.02. The summed E-state index contributed by atoms with van der Waals surface area (Å²) in [7, 11) is 0. The van der Waals surface area contributed by atoms with Crippen LogP contribution >= 0.6 is 11.3 Å². The molecule has 14 heavy (non-hydrogen) atoms. The molecule has 2 aromatic heterocycles. The minimum Gasteiger partial charge on any atom is -0.256 e. The molecule has 0 saturated carbocycles. The van der Waals surface area contributed by atoms with Crippen molar-refractivity contribution in [3.63, 3.8) is 0 Å². The summed E-state index contributed by atoms with van der Waals surface area (Å²) in [5, 5.41) is 10.7. The van der Waals surface area contributed by atoms with Gasteiger partial charge in [0.25, 0.3) is 0 Å². The van der Waals surface area contributed by atoms with Crippen LogP contribution in [-0.2, 0) is 0 Å². The van der Waals surface area contributed by atoms with Gasteiger partial charge in [-0.2, -0.15) is 5.26 Å². The highest BCUT2D eigenvalue weighted by Crippen LogP contribution is 2.25. The third kappa shape index (κ3) is 1.52. The molecule has 2 aromatic rings. The topological polar surface area (TPSA) is 36.7 Å². The van der Waals surface area contributed by atoms with Crippen LogP contribution in [-0.4, -0.2) is 4.98 Å². The smallest absolute Gasteiger partial charge is 0.110 e. The number of hydrogen-bond acceptors (Lipinski definition) is 3. The highest BCUT2D eigenvalue weighted by atomic mass is 32.1. The van der Waals surface area contributed by atoms with Crippen LogP contribution in [0.5, 0.6) is 0 Å². The Labute approximate surface area is 86.5 Å². The summed E-state index contributed by atoms with van der Waals surface area (Å²) < 4.78 is 0. The molecule has 0 radical (unpaired) electrons. The minimum atomic E-state index is 0.727. The zero-order valence-corrected chi connectivity index (χ0v) is 8.51. The molecule has 2 rings (SSSR count). The van der Waals surface area contributed by atoms with Crippen molar-refractivity contribution in [2.24, 2.45) is 0 Å². The molecule has 0 aliphatic rings. The Morgan fingerprint density at radius 1 is 1.50 bits per heavy atom. The normalized spacial score (nSPS) is 9.71. The zero-order chi connectivity index (χ0) is 9.97. The maximum absolute atomic E-state index is 8.71. The second-order valence-electron chi connectivity index (χ2n) is 2.98. The molecule has 0 atom stereocenters. The predicted molar refractivity (Wildman–Crippen MR) is 57.0 cm³/mol. The van der Waals surface area contributed by atoms with Gasteiger partial charge in [-0.25, -0.2) is 0 Å². The van der Waals surface area contributed by atoms with Crippen LogP contribution in [0.4, 0.5) is 0 Å². The number of pyridine rings is 1. The van der Waals surface area contributed by atoms with Gasteiger partial charge in [-0.3, -0.25) is 4.98 Å². The van der Waals surface area contributed by atoms with Gasteiger partial charge < -0.3 is 0 Å². The fourth-order valence-corrected chi connectivity index (χ4v) is 1.99. The van der Waals surface area contributed by atoms with E-state index in [9.17, 15) is 0 Å². The molecule has 0 unspecified atom stereocenters. The third-order valence-corrected chi connectivity index (χ3v) is 2.83. The molecule has 0 spiro atoms. The number of aromatic nitrogens is 1. The number of thiophene rings is 1. The van der Waals surface area contributed by atoms with Crippen molar-refractivity contribution in [2.75, 3.05) is 0 Å². The lowest BCUT2D eigenvalue weighted by molar-refractivity contribution is 1.27. The number of aryl methyl sites for hydroxylation is 1. The first-order chi connectivity index (χ1) is 6.81. The van der Waals surface area contributed by atoms with Gasteiger partial charge in [0.15, 0.2) is 0 Å². The molecule has 0 aliphatic carbocycles. The lowest BCUT2D eigenvalue weighted by Gasteiger charge is -1.99. The van der Waals surface area contributed by atoms with E-state index in [1.807, 2.05) is 30.5 Å². The number of hydrogen-bond donors (Lipinski definition) is 0. The summed E-state index contributed by atoms with van der Waals surface area (Å²) in [5.41, 5.74) is 3.13. The van der Waals surface area contributed by atoms with Gasteiger partial charge in [0.2, 0.25) is 0 Å². The molecule has 0 aromatic carbocycles. The lowest BCUT2D eigenvalue weighted by atomic mass is 10.1. The Balaban J connectivity index is 2.51. The molecule has 0 bridgehead atoms. The maximum Gasteiger partial charge on any atom is 0.110 e. The average molecular weight is 200 g/mol. The summed E-state index contributed by atoms with van der Waals surface area (Å²) in [6.07, 6.45) is 1.77. The van der Waals surface area contributed by atoms with Crippen LogP contribution in [0, 0.1) is 18.3 Å². The molecular formula is C11H8N2S. The van der Waals surface area contributed by atoms with E-state index in [1.54, 1.807) is 6.20 Å². The van der Waals surface area contributed by atoms with E-state index in [-0.39, 0.29) is 0 Å². The van der Waals surface area contributed by atoms with Gasteiger partial charge >= 0.3 is 0 Å². The van der Waals surface area contributed by atoms with Crippen molar-refractivity contribution in [3.05, 3.63) is 40.2 Å². The Hall–Kier alpha value is -1.66. The van der Waals surface area contributed by atoms with Gasteiger partial charge in [-0.1, -0.05) is 6.07 Å². The van der Waals surface area contributed by atoms with E-state index in [4.69, 9.17) is 5.26 Å². The van der Waals surface area contributed by atoms with E-state index < -0.39 is 0 Å². The van der Waals surface area contributed by atoms with Gasteiger partial charge in [-0.05, 0) is 24.6 Å². The maximum atomic E-state index is 8.71. The summed E-state index contributed by atoms with van der Waals surface area (Å²) >= 11 is 1.45.